The second-order valence-electron chi connectivity index (χ2n) is 4.06. The smallest absolute Gasteiger partial charge is 0.180 e. The molecule has 0 radical (unpaired) electrons. The van der Waals surface area contributed by atoms with Gasteiger partial charge in [0.25, 0.3) is 0 Å². The highest BCUT2D eigenvalue weighted by molar-refractivity contribution is 7.15. The van der Waals surface area contributed by atoms with Crippen molar-refractivity contribution in [3.05, 3.63) is 41.4 Å². The van der Waals surface area contributed by atoms with E-state index in [4.69, 9.17) is 10.5 Å². The molecule has 0 aliphatic heterocycles. The van der Waals surface area contributed by atoms with Gasteiger partial charge in [-0.25, -0.2) is 4.98 Å². The maximum absolute atomic E-state index is 5.64. The van der Waals surface area contributed by atoms with E-state index in [2.05, 4.69) is 16.9 Å². The highest BCUT2D eigenvalue weighted by atomic mass is 32.1. The topological polar surface area (TPSA) is 51.4 Å². The molecule has 0 saturated heterocycles. The molecule has 0 atom stereocenters. The third-order valence-electron chi connectivity index (χ3n) is 2.48. The number of hydrogen-bond donors (Lipinski definition) is 1. The summed E-state index contributed by atoms with van der Waals surface area (Å²) in [4.78, 5) is 7.40. The van der Waals surface area contributed by atoms with E-state index >= 15 is 0 Å². The summed E-state index contributed by atoms with van der Waals surface area (Å²) in [5.41, 5.74) is 5.59. The van der Waals surface area contributed by atoms with Crippen LogP contribution in [0.4, 0.5) is 5.13 Å². The Bertz CT molecular complexity index is 472. The number of nitrogens with zero attached hydrogens (tertiary/aromatic N) is 2. The van der Waals surface area contributed by atoms with Gasteiger partial charge in [-0.05, 0) is 19.2 Å². The number of ether oxygens (including phenoxy) is 1. The van der Waals surface area contributed by atoms with Crippen molar-refractivity contribution < 1.29 is 4.74 Å². The molecule has 0 amide bonds. The molecular formula is C13H17N3OS. The maximum atomic E-state index is 5.64. The Balaban J connectivity index is 1.70. The van der Waals surface area contributed by atoms with E-state index in [1.54, 1.807) is 0 Å². The van der Waals surface area contributed by atoms with Crippen LogP contribution in [0.5, 0.6) is 5.75 Å². The fourth-order valence-electron chi connectivity index (χ4n) is 1.58. The molecule has 0 fully saturated rings. The van der Waals surface area contributed by atoms with Gasteiger partial charge in [-0.1, -0.05) is 18.2 Å². The van der Waals surface area contributed by atoms with Gasteiger partial charge in [-0.3, -0.25) is 4.90 Å². The molecule has 2 rings (SSSR count). The third kappa shape index (κ3) is 4.01. The number of para-hydroxylation sites is 1. The molecule has 1 aromatic heterocycles. The summed E-state index contributed by atoms with van der Waals surface area (Å²) in [5, 5.41) is 0.624. The zero-order valence-electron chi connectivity index (χ0n) is 10.4. The van der Waals surface area contributed by atoms with Crippen LogP contribution >= 0.6 is 11.3 Å². The second kappa shape index (κ2) is 6.37. The van der Waals surface area contributed by atoms with Gasteiger partial charge in [0.05, 0.1) is 0 Å². The predicted molar refractivity (Wildman–Crippen MR) is 74.8 cm³/mol. The Kier molecular flexibility index (Phi) is 4.55. The van der Waals surface area contributed by atoms with E-state index in [-0.39, 0.29) is 0 Å². The molecule has 2 aromatic rings. The van der Waals surface area contributed by atoms with Crippen LogP contribution in [-0.2, 0) is 6.54 Å². The first-order chi connectivity index (χ1) is 8.74. The zero-order chi connectivity index (χ0) is 12.8. The summed E-state index contributed by atoms with van der Waals surface area (Å²) in [6.45, 7) is 2.40. The Morgan fingerprint density at radius 2 is 2.11 bits per heavy atom. The predicted octanol–water partition coefficient (Wildman–Crippen LogP) is 2.24. The average Bonchev–Trinajstić information content (AvgIpc) is 2.76. The zero-order valence-corrected chi connectivity index (χ0v) is 11.2. The van der Waals surface area contributed by atoms with E-state index in [9.17, 15) is 0 Å². The molecular weight excluding hydrogens is 246 g/mol. The van der Waals surface area contributed by atoms with Crippen molar-refractivity contribution in [2.24, 2.45) is 0 Å². The largest absolute Gasteiger partial charge is 0.492 e. The van der Waals surface area contributed by atoms with Gasteiger partial charge >= 0.3 is 0 Å². The number of benzene rings is 1. The van der Waals surface area contributed by atoms with E-state index in [1.807, 2.05) is 36.5 Å². The minimum Gasteiger partial charge on any atom is -0.492 e. The maximum Gasteiger partial charge on any atom is 0.180 e. The minimum atomic E-state index is 0.624. The van der Waals surface area contributed by atoms with Crippen molar-refractivity contribution in [3.8, 4) is 5.75 Å². The number of anilines is 1. The van der Waals surface area contributed by atoms with Gasteiger partial charge in [-0.15, -0.1) is 11.3 Å². The normalized spacial score (nSPS) is 10.8. The van der Waals surface area contributed by atoms with E-state index in [0.717, 1.165) is 18.8 Å². The van der Waals surface area contributed by atoms with E-state index in [1.165, 1.54) is 16.2 Å². The van der Waals surface area contributed by atoms with Crippen molar-refractivity contribution in [1.29, 1.82) is 0 Å². The molecule has 5 heteroatoms. The number of nitrogens with two attached hydrogens (primary N) is 1. The minimum absolute atomic E-state index is 0.624. The monoisotopic (exact) mass is 263 g/mol. The molecule has 0 aliphatic carbocycles. The summed E-state index contributed by atoms with van der Waals surface area (Å²) in [7, 11) is 2.06. The van der Waals surface area contributed by atoms with Gasteiger partial charge in [-0.2, -0.15) is 0 Å². The third-order valence-corrected chi connectivity index (χ3v) is 3.29. The number of nitrogen functional groups attached to an aromatic ring is 1. The van der Waals surface area contributed by atoms with Crippen LogP contribution in [0.15, 0.2) is 36.5 Å². The van der Waals surface area contributed by atoms with Crippen LogP contribution in [0.3, 0.4) is 0 Å². The molecule has 0 spiro atoms. The van der Waals surface area contributed by atoms with Crippen molar-refractivity contribution in [3.63, 3.8) is 0 Å². The summed E-state index contributed by atoms with van der Waals surface area (Å²) < 4.78 is 5.64. The summed E-state index contributed by atoms with van der Waals surface area (Å²) >= 11 is 1.53. The van der Waals surface area contributed by atoms with E-state index in [0.29, 0.717) is 11.7 Å². The highest BCUT2D eigenvalue weighted by Gasteiger charge is 2.03. The Morgan fingerprint density at radius 3 is 2.78 bits per heavy atom. The lowest BCUT2D eigenvalue weighted by Gasteiger charge is -2.15. The number of rotatable bonds is 6. The fourth-order valence-corrected chi connectivity index (χ4v) is 2.34. The van der Waals surface area contributed by atoms with Crippen LogP contribution in [-0.4, -0.2) is 30.1 Å². The van der Waals surface area contributed by atoms with Crippen LogP contribution in [0.1, 0.15) is 4.88 Å². The molecule has 2 N–H and O–H groups in total. The SMILES string of the molecule is CN(CCOc1ccccc1)Cc1cnc(N)s1. The lowest BCUT2D eigenvalue weighted by Crippen LogP contribution is -2.23. The Labute approximate surface area is 111 Å². The standard InChI is InChI=1S/C13H17N3OS/c1-16(10-12-9-15-13(14)18-12)7-8-17-11-5-3-2-4-6-11/h2-6,9H,7-8,10H2,1H3,(H2,14,15). The van der Waals surface area contributed by atoms with Crippen molar-refractivity contribution in [2.45, 2.75) is 6.54 Å². The molecule has 4 nitrogen and oxygen atoms in total. The van der Waals surface area contributed by atoms with E-state index < -0.39 is 0 Å². The van der Waals surface area contributed by atoms with Gasteiger partial charge in [0.1, 0.15) is 12.4 Å². The Hall–Kier alpha value is -1.59. The molecule has 0 bridgehead atoms. The second-order valence-corrected chi connectivity index (χ2v) is 5.21. The Morgan fingerprint density at radius 1 is 1.33 bits per heavy atom. The molecule has 96 valence electrons. The summed E-state index contributed by atoms with van der Waals surface area (Å²) in [6, 6.07) is 9.85. The molecule has 0 saturated carbocycles. The lowest BCUT2D eigenvalue weighted by atomic mass is 10.3. The van der Waals surface area contributed by atoms with Gasteiger partial charge in [0.15, 0.2) is 5.13 Å². The lowest BCUT2D eigenvalue weighted by molar-refractivity contribution is 0.234. The van der Waals surface area contributed by atoms with Crippen LogP contribution in [0, 0.1) is 0 Å². The molecule has 0 unspecified atom stereocenters. The average molecular weight is 263 g/mol. The van der Waals surface area contributed by atoms with Gasteiger partial charge < -0.3 is 10.5 Å². The number of aromatic nitrogens is 1. The molecule has 1 heterocycles. The van der Waals surface area contributed by atoms with Gasteiger partial charge in [0.2, 0.25) is 0 Å². The summed E-state index contributed by atoms with van der Waals surface area (Å²) in [5.74, 6) is 0.910. The number of thiazole rings is 1. The van der Waals surface area contributed by atoms with Crippen LogP contribution < -0.4 is 10.5 Å². The van der Waals surface area contributed by atoms with Crippen molar-refractivity contribution in [1.82, 2.24) is 9.88 Å². The van der Waals surface area contributed by atoms with Crippen molar-refractivity contribution in [2.75, 3.05) is 25.9 Å². The highest BCUT2D eigenvalue weighted by Crippen LogP contribution is 2.15. The number of likely N-dealkylation sites (N-methyl/N-ethyl adjacent to an activating group) is 1. The molecule has 0 aliphatic rings. The quantitative estimate of drug-likeness (QED) is 0.868. The number of hydrogen-bond acceptors (Lipinski definition) is 5. The van der Waals surface area contributed by atoms with Crippen LogP contribution in [0.25, 0.3) is 0 Å². The fraction of sp³-hybridized carbons (Fsp3) is 0.308. The first-order valence-electron chi connectivity index (χ1n) is 5.80. The molecule has 18 heavy (non-hydrogen) atoms. The molecule has 1 aromatic carbocycles. The first kappa shape index (κ1) is 12.9. The van der Waals surface area contributed by atoms with Crippen molar-refractivity contribution >= 4 is 16.5 Å². The first-order valence-corrected chi connectivity index (χ1v) is 6.62. The van der Waals surface area contributed by atoms with Gasteiger partial charge in [0, 0.05) is 24.2 Å². The summed E-state index contributed by atoms with van der Waals surface area (Å²) in [6.07, 6.45) is 1.83. The van der Waals surface area contributed by atoms with Crippen LogP contribution in [0.2, 0.25) is 0 Å².